The summed E-state index contributed by atoms with van der Waals surface area (Å²) in [5.41, 5.74) is 0.294. The molecular weight excluding hydrogens is 228 g/mol. The molecule has 0 radical (unpaired) electrons. The van der Waals surface area contributed by atoms with E-state index in [-0.39, 0.29) is 6.04 Å². The minimum Gasteiger partial charge on any atom is -0.381 e. The second-order valence-electron chi connectivity index (χ2n) is 6.45. The molecule has 102 valence electrons. The Morgan fingerprint density at radius 3 is 2.72 bits per heavy atom. The standard InChI is InChI=1S/C14H24N2O2/c1-11(2)16-6-3-12(16)13(17)15-7-4-14(9-15)5-8-18-10-14/h11-12H,3-10H2,1-2H3/t12-,14?/m0/s1. The SMILES string of the molecule is CC(C)N1CC[C@H]1C(=O)N1CCC2(CCOC2)C1. The Labute approximate surface area is 109 Å². The van der Waals surface area contributed by atoms with Gasteiger partial charge in [-0.1, -0.05) is 0 Å². The third-order valence-electron chi connectivity index (χ3n) is 4.94. The molecule has 3 aliphatic rings. The van der Waals surface area contributed by atoms with Crippen LogP contribution >= 0.6 is 0 Å². The van der Waals surface area contributed by atoms with Gasteiger partial charge in [0.2, 0.25) is 5.91 Å². The predicted molar refractivity (Wildman–Crippen MR) is 69.3 cm³/mol. The van der Waals surface area contributed by atoms with Gasteiger partial charge in [-0.15, -0.1) is 0 Å². The van der Waals surface area contributed by atoms with Gasteiger partial charge in [-0.2, -0.15) is 0 Å². The van der Waals surface area contributed by atoms with Gasteiger partial charge < -0.3 is 9.64 Å². The first-order chi connectivity index (χ1) is 8.61. The van der Waals surface area contributed by atoms with E-state index in [9.17, 15) is 4.79 Å². The molecule has 1 amide bonds. The number of hydrogen-bond acceptors (Lipinski definition) is 3. The van der Waals surface area contributed by atoms with Crippen molar-refractivity contribution in [2.75, 3.05) is 32.8 Å². The fraction of sp³-hybridized carbons (Fsp3) is 0.929. The van der Waals surface area contributed by atoms with E-state index >= 15 is 0 Å². The van der Waals surface area contributed by atoms with Crippen LogP contribution in [0.4, 0.5) is 0 Å². The smallest absolute Gasteiger partial charge is 0.240 e. The van der Waals surface area contributed by atoms with Crippen LogP contribution in [0.25, 0.3) is 0 Å². The number of rotatable bonds is 2. The zero-order valence-electron chi connectivity index (χ0n) is 11.5. The van der Waals surface area contributed by atoms with E-state index in [1.54, 1.807) is 0 Å². The highest BCUT2D eigenvalue weighted by Gasteiger charge is 2.46. The van der Waals surface area contributed by atoms with Crippen molar-refractivity contribution in [3.8, 4) is 0 Å². The largest absolute Gasteiger partial charge is 0.381 e. The van der Waals surface area contributed by atoms with E-state index in [2.05, 4.69) is 23.6 Å². The normalized spacial score (nSPS) is 36.6. The Balaban J connectivity index is 1.61. The molecule has 3 heterocycles. The maximum absolute atomic E-state index is 12.5. The Hall–Kier alpha value is -0.610. The van der Waals surface area contributed by atoms with Crippen LogP contribution in [0.3, 0.4) is 0 Å². The molecule has 0 aliphatic carbocycles. The lowest BCUT2D eigenvalue weighted by atomic mass is 9.87. The van der Waals surface area contributed by atoms with Gasteiger partial charge in [-0.3, -0.25) is 9.69 Å². The van der Waals surface area contributed by atoms with Crippen LogP contribution in [0, 0.1) is 5.41 Å². The van der Waals surface area contributed by atoms with Crippen LogP contribution in [0.15, 0.2) is 0 Å². The van der Waals surface area contributed by atoms with Crippen LogP contribution in [0.2, 0.25) is 0 Å². The van der Waals surface area contributed by atoms with E-state index in [4.69, 9.17) is 4.74 Å². The molecule has 18 heavy (non-hydrogen) atoms. The topological polar surface area (TPSA) is 32.8 Å². The Kier molecular flexibility index (Phi) is 3.10. The second kappa shape index (κ2) is 4.49. The summed E-state index contributed by atoms with van der Waals surface area (Å²) in [6.45, 7) is 9.03. The molecule has 4 nitrogen and oxygen atoms in total. The van der Waals surface area contributed by atoms with E-state index in [1.165, 1.54) is 0 Å². The number of carbonyl (C=O) groups excluding carboxylic acids is 1. The van der Waals surface area contributed by atoms with Crippen LogP contribution in [-0.2, 0) is 9.53 Å². The molecule has 0 aromatic carbocycles. The summed E-state index contributed by atoms with van der Waals surface area (Å²) in [5, 5.41) is 0. The molecule has 0 saturated carbocycles. The highest BCUT2D eigenvalue weighted by atomic mass is 16.5. The third kappa shape index (κ3) is 1.95. The second-order valence-corrected chi connectivity index (χ2v) is 6.45. The summed E-state index contributed by atoms with van der Waals surface area (Å²) in [5.74, 6) is 0.360. The van der Waals surface area contributed by atoms with Crippen LogP contribution in [-0.4, -0.2) is 60.6 Å². The fourth-order valence-corrected chi connectivity index (χ4v) is 3.60. The zero-order chi connectivity index (χ0) is 12.8. The average molecular weight is 252 g/mol. The highest BCUT2D eigenvalue weighted by Crippen LogP contribution is 2.39. The first-order valence-electron chi connectivity index (χ1n) is 7.24. The lowest BCUT2D eigenvalue weighted by molar-refractivity contribution is -0.142. The molecular formula is C14H24N2O2. The molecule has 0 aromatic rings. The number of ether oxygens (including phenoxy) is 1. The van der Waals surface area contributed by atoms with Crippen molar-refractivity contribution in [3.05, 3.63) is 0 Å². The number of nitrogens with zero attached hydrogens (tertiary/aromatic N) is 2. The van der Waals surface area contributed by atoms with Crippen molar-refractivity contribution in [1.29, 1.82) is 0 Å². The van der Waals surface area contributed by atoms with E-state index < -0.39 is 0 Å². The van der Waals surface area contributed by atoms with Gasteiger partial charge in [-0.05, 0) is 33.1 Å². The van der Waals surface area contributed by atoms with Gasteiger partial charge in [0.25, 0.3) is 0 Å². The van der Waals surface area contributed by atoms with Crippen LogP contribution in [0.5, 0.6) is 0 Å². The quantitative estimate of drug-likeness (QED) is 0.738. The Morgan fingerprint density at radius 2 is 2.17 bits per heavy atom. The first-order valence-corrected chi connectivity index (χ1v) is 7.24. The molecule has 3 rings (SSSR count). The van der Waals surface area contributed by atoms with Crippen molar-refractivity contribution >= 4 is 5.91 Å². The summed E-state index contributed by atoms with van der Waals surface area (Å²) in [6.07, 6.45) is 3.31. The first kappa shape index (κ1) is 12.4. The number of amides is 1. The summed E-state index contributed by atoms with van der Waals surface area (Å²) in [6, 6.07) is 0.640. The minimum atomic E-state index is 0.155. The van der Waals surface area contributed by atoms with Crippen molar-refractivity contribution in [1.82, 2.24) is 9.80 Å². The summed E-state index contributed by atoms with van der Waals surface area (Å²) >= 11 is 0. The van der Waals surface area contributed by atoms with Crippen LogP contribution in [0.1, 0.15) is 33.1 Å². The molecule has 1 spiro atoms. The summed E-state index contributed by atoms with van der Waals surface area (Å²) in [7, 11) is 0. The van der Waals surface area contributed by atoms with Crippen molar-refractivity contribution in [2.45, 2.75) is 45.2 Å². The van der Waals surface area contributed by atoms with E-state index in [0.717, 1.165) is 52.1 Å². The third-order valence-corrected chi connectivity index (χ3v) is 4.94. The monoisotopic (exact) mass is 252 g/mol. The molecule has 4 heteroatoms. The van der Waals surface area contributed by atoms with Crippen molar-refractivity contribution < 1.29 is 9.53 Å². The maximum Gasteiger partial charge on any atom is 0.240 e. The van der Waals surface area contributed by atoms with Gasteiger partial charge in [0.1, 0.15) is 0 Å². The summed E-state index contributed by atoms with van der Waals surface area (Å²) < 4.78 is 5.52. The number of likely N-dealkylation sites (tertiary alicyclic amines) is 2. The van der Waals surface area contributed by atoms with Gasteiger partial charge in [0.15, 0.2) is 0 Å². The molecule has 3 saturated heterocycles. The molecule has 3 fully saturated rings. The van der Waals surface area contributed by atoms with E-state index in [0.29, 0.717) is 17.4 Å². The summed E-state index contributed by atoms with van der Waals surface area (Å²) in [4.78, 5) is 16.9. The van der Waals surface area contributed by atoms with Crippen LogP contribution < -0.4 is 0 Å². The molecule has 1 unspecified atom stereocenters. The van der Waals surface area contributed by atoms with Gasteiger partial charge >= 0.3 is 0 Å². The van der Waals surface area contributed by atoms with E-state index in [1.807, 2.05) is 0 Å². The highest BCUT2D eigenvalue weighted by molar-refractivity contribution is 5.83. The van der Waals surface area contributed by atoms with Crippen molar-refractivity contribution in [2.24, 2.45) is 5.41 Å². The number of carbonyl (C=O) groups is 1. The molecule has 0 N–H and O–H groups in total. The lowest BCUT2D eigenvalue weighted by Gasteiger charge is -2.44. The maximum atomic E-state index is 12.5. The predicted octanol–water partition coefficient (Wildman–Crippen LogP) is 1.11. The molecule has 2 atom stereocenters. The molecule has 0 aromatic heterocycles. The fourth-order valence-electron chi connectivity index (χ4n) is 3.60. The molecule has 0 bridgehead atoms. The Morgan fingerprint density at radius 1 is 1.33 bits per heavy atom. The van der Waals surface area contributed by atoms with Crippen molar-refractivity contribution in [3.63, 3.8) is 0 Å². The zero-order valence-corrected chi connectivity index (χ0v) is 11.5. The average Bonchev–Trinajstić information content (AvgIpc) is 2.87. The van der Waals surface area contributed by atoms with Gasteiger partial charge in [0, 0.05) is 37.7 Å². The number of hydrogen-bond donors (Lipinski definition) is 0. The molecule has 3 aliphatic heterocycles. The lowest BCUT2D eigenvalue weighted by Crippen LogP contribution is -2.59. The minimum absolute atomic E-state index is 0.155. The van der Waals surface area contributed by atoms with Gasteiger partial charge in [0.05, 0.1) is 12.6 Å². The Bertz CT molecular complexity index is 337. The van der Waals surface area contributed by atoms with Gasteiger partial charge in [-0.25, -0.2) is 0 Å².